The number of hydrogen-bond donors (Lipinski definition) is 3. The predicted octanol–water partition coefficient (Wildman–Crippen LogP) is 1.49. The van der Waals surface area contributed by atoms with Crippen LogP contribution in [0.5, 0.6) is 11.5 Å². The molecule has 1 aromatic rings. The number of benzene rings is 1. The molecular formula is C8H10BrNO2. The quantitative estimate of drug-likeness (QED) is 0.534. The molecule has 0 aliphatic carbocycles. The molecule has 0 bridgehead atoms. The van der Waals surface area contributed by atoms with Crippen LogP contribution in [0.2, 0.25) is 0 Å². The number of phenols is 2. The Balaban J connectivity index is 2.96. The Morgan fingerprint density at radius 3 is 2.50 bits per heavy atom. The third-order valence-electron chi connectivity index (χ3n) is 1.57. The van der Waals surface area contributed by atoms with Crippen molar-refractivity contribution in [3.8, 4) is 11.5 Å². The molecule has 0 saturated heterocycles. The first kappa shape index (κ1) is 9.35. The molecule has 4 N–H and O–H groups in total. The van der Waals surface area contributed by atoms with E-state index in [9.17, 15) is 0 Å². The average molecular weight is 232 g/mol. The van der Waals surface area contributed by atoms with E-state index in [4.69, 9.17) is 15.9 Å². The third-order valence-corrected chi connectivity index (χ3v) is 2.47. The summed E-state index contributed by atoms with van der Waals surface area (Å²) in [4.78, 5) is 0.0176. The summed E-state index contributed by atoms with van der Waals surface area (Å²) in [5.41, 5.74) is 6.26. The van der Waals surface area contributed by atoms with Crippen molar-refractivity contribution in [3.63, 3.8) is 0 Å². The smallest absolute Gasteiger partial charge is 0.157 e. The molecule has 1 rings (SSSR count). The number of alkyl halides is 1. The van der Waals surface area contributed by atoms with Crippen LogP contribution < -0.4 is 5.73 Å². The number of hydrogen-bond acceptors (Lipinski definition) is 3. The molecule has 0 aromatic heterocycles. The second kappa shape index (κ2) is 3.78. The van der Waals surface area contributed by atoms with Crippen LogP contribution in [0.4, 0.5) is 0 Å². The lowest BCUT2D eigenvalue weighted by Gasteiger charge is -2.07. The second-order valence-corrected chi connectivity index (χ2v) is 3.56. The highest BCUT2D eigenvalue weighted by atomic mass is 79.9. The van der Waals surface area contributed by atoms with Crippen molar-refractivity contribution >= 4 is 15.9 Å². The highest BCUT2D eigenvalue weighted by Crippen LogP contribution is 2.30. The van der Waals surface area contributed by atoms with Gasteiger partial charge in [0.1, 0.15) is 0 Å². The fraction of sp³-hybridized carbons (Fsp3) is 0.250. The maximum absolute atomic E-state index is 9.13. The number of phenolic OH excluding ortho intramolecular Hbond substituents is 2. The Morgan fingerprint density at radius 1 is 1.33 bits per heavy atom. The van der Waals surface area contributed by atoms with Crippen molar-refractivity contribution in [3.05, 3.63) is 23.8 Å². The lowest BCUT2D eigenvalue weighted by Crippen LogP contribution is -2.05. The van der Waals surface area contributed by atoms with Crippen molar-refractivity contribution in [1.29, 1.82) is 0 Å². The molecule has 0 aliphatic heterocycles. The van der Waals surface area contributed by atoms with Gasteiger partial charge in [-0.25, -0.2) is 0 Å². The molecule has 0 heterocycles. The second-order valence-electron chi connectivity index (χ2n) is 2.45. The minimum Gasteiger partial charge on any atom is -0.504 e. The zero-order valence-corrected chi connectivity index (χ0v) is 7.95. The van der Waals surface area contributed by atoms with E-state index in [1.807, 2.05) is 0 Å². The molecule has 0 fully saturated rings. The standard InChI is InChI=1S/C8H10BrNO2/c9-6(4-10)5-1-2-7(11)8(12)3-5/h1-3,6,11-12H,4,10H2. The third kappa shape index (κ3) is 1.89. The summed E-state index contributed by atoms with van der Waals surface area (Å²) < 4.78 is 0. The van der Waals surface area contributed by atoms with Crippen molar-refractivity contribution in [2.75, 3.05) is 6.54 Å². The van der Waals surface area contributed by atoms with Crippen LogP contribution >= 0.6 is 15.9 Å². The molecule has 1 atom stereocenters. The van der Waals surface area contributed by atoms with Gasteiger partial charge in [0.25, 0.3) is 0 Å². The Labute approximate surface area is 79.0 Å². The van der Waals surface area contributed by atoms with E-state index in [0.717, 1.165) is 5.56 Å². The monoisotopic (exact) mass is 231 g/mol. The Kier molecular flexibility index (Phi) is 2.94. The lowest BCUT2D eigenvalue weighted by atomic mass is 10.1. The summed E-state index contributed by atoms with van der Waals surface area (Å²) in [6.07, 6.45) is 0. The number of aromatic hydroxyl groups is 2. The van der Waals surface area contributed by atoms with Gasteiger partial charge in [-0.15, -0.1) is 0 Å². The van der Waals surface area contributed by atoms with Gasteiger partial charge in [0.05, 0.1) is 4.83 Å². The van der Waals surface area contributed by atoms with E-state index in [-0.39, 0.29) is 16.3 Å². The first-order chi connectivity index (χ1) is 5.65. The minimum absolute atomic E-state index is 0.0176. The summed E-state index contributed by atoms with van der Waals surface area (Å²) in [6.45, 7) is 0.449. The lowest BCUT2D eigenvalue weighted by molar-refractivity contribution is 0.403. The van der Waals surface area contributed by atoms with E-state index < -0.39 is 0 Å². The van der Waals surface area contributed by atoms with Gasteiger partial charge < -0.3 is 15.9 Å². The van der Waals surface area contributed by atoms with Crippen LogP contribution in [0.25, 0.3) is 0 Å². The SMILES string of the molecule is NCC(Br)c1ccc(O)c(O)c1. The summed E-state index contributed by atoms with van der Waals surface area (Å²) >= 11 is 3.33. The molecule has 0 saturated carbocycles. The molecular weight excluding hydrogens is 222 g/mol. The average Bonchev–Trinajstić information content (AvgIpc) is 2.08. The predicted molar refractivity (Wildman–Crippen MR) is 50.5 cm³/mol. The minimum atomic E-state index is -0.120. The van der Waals surface area contributed by atoms with Crippen LogP contribution in [0, 0.1) is 0 Å². The fourth-order valence-electron chi connectivity index (χ4n) is 0.871. The Hall–Kier alpha value is -0.740. The molecule has 0 aliphatic rings. The van der Waals surface area contributed by atoms with E-state index in [0.29, 0.717) is 6.54 Å². The summed E-state index contributed by atoms with van der Waals surface area (Å²) in [7, 11) is 0. The van der Waals surface area contributed by atoms with E-state index in [1.165, 1.54) is 12.1 Å². The first-order valence-corrected chi connectivity index (χ1v) is 4.42. The van der Waals surface area contributed by atoms with Crippen molar-refractivity contribution < 1.29 is 10.2 Å². The van der Waals surface area contributed by atoms with Crippen LogP contribution in [-0.4, -0.2) is 16.8 Å². The van der Waals surface area contributed by atoms with Gasteiger partial charge in [0, 0.05) is 6.54 Å². The van der Waals surface area contributed by atoms with Crippen LogP contribution in [0.3, 0.4) is 0 Å². The van der Waals surface area contributed by atoms with Gasteiger partial charge >= 0.3 is 0 Å². The highest BCUT2D eigenvalue weighted by molar-refractivity contribution is 9.09. The fourth-order valence-corrected chi connectivity index (χ4v) is 1.16. The Bertz CT molecular complexity index is 278. The Morgan fingerprint density at radius 2 is 2.00 bits per heavy atom. The topological polar surface area (TPSA) is 66.5 Å². The largest absolute Gasteiger partial charge is 0.504 e. The first-order valence-electron chi connectivity index (χ1n) is 3.51. The molecule has 0 amide bonds. The molecule has 0 spiro atoms. The van der Waals surface area contributed by atoms with E-state index >= 15 is 0 Å². The van der Waals surface area contributed by atoms with Gasteiger partial charge in [-0.05, 0) is 17.7 Å². The normalized spacial score (nSPS) is 12.8. The van der Waals surface area contributed by atoms with Crippen molar-refractivity contribution in [2.24, 2.45) is 5.73 Å². The van der Waals surface area contributed by atoms with Crippen molar-refractivity contribution in [1.82, 2.24) is 0 Å². The molecule has 0 radical (unpaired) electrons. The molecule has 1 unspecified atom stereocenters. The van der Waals surface area contributed by atoms with Crippen LogP contribution in [0.15, 0.2) is 18.2 Å². The number of halogens is 1. The number of nitrogens with two attached hydrogens (primary N) is 1. The summed E-state index contributed by atoms with van der Waals surface area (Å²) in [5.74, 6) is -0.235. The number of rotatable bonds is 2. The summed E-state index contributed by atoms with van der Waals surface area (Å²) in [6, 6.07) is 4.64. The van der Waals surface area contributed by atoms with Gasteiger partial charge in [-0.1, -0.05) is 22.0 Å². The van der Waals surface area contributed by atoms with Gasteiger partial charge in [0.2, 0.25) is 0 Å². The molecule has 66 valence electrons. The van der Waals surface area contributed by atoms with Gasteiger partial charge in [0.15, 0.2) is 11.5 Å². The summed E-state index contributed by atoms with van der Waals surface area (Å²) in [5, 5.41) is 18.1. The molecule has 1 aromatic carbocycles. The maximum Gasteiger partial charge on any atom is 0.157 e. The van der Waals surface area contributed by atoms with Crippen LogP contribution in [-0.2, 0) is 0 Å². The maximum atomic E-state index is 9.13. The van der Waals surface area contributed by atoms with Crippen molar-refractivity contribution in [2.45, 2.75) is 4.83 Å². The van der Waals surface area contributed by atoms with E-state index in [2.05, 4.69) is 15.9 Å². The molecule has 4 heteroatoms. The highest BCUT2D eigenvalue weighted by Gasteiger charge is 2.07. The van der Waals surface area contributed by atoms with E-state index in [1.54, 1.807) is 6.07 Å². The zero-order chi connectivity index (χ0) is 9.14. The molecule has 3 nitrogen and oxygen atoms in total. The zero-order valence-electron chi connectivity index (χ0n) is 6.37. The molecule has 12 heavy (non-hydrogen) atoms. The van der Waals surface area contributed by atoms with Gasteiger partial charge in [-0.3, -0.25) is 0 Å². The van der Waals surface area contributed by atoms with Gasteiger partial charge in [-0.2, -0.15) is 0 Å². The van der Waals surface area contributed by atoms with Crippen LogP contribution in [0.1, 0.15) is 10.4 Å².